The van der Waals surface area contributed by atoms with Crippen molar-refractivity contribution >= 4 is 23.6 Å². The number of nitrogens with zero attached hydrogens (tertiary/aromatic N) is 3. The summed E-state index contributed by atoms with van der Waals surface area (Å²) in [5.41, 5.74) is -3.54. The number of anilines is 1. The van der Waals surface area contributed by atoms with Gasteiger partial charge in [-0.25, -0.2) is 4.79 Å². The highest BCUT2D eigenvalue weighted by Crippen LogP contribution is 2.43. The lowest BCUT2D eigenvalue weighted by Crippen LogP contribution is -2.59. The highest BCUT2D eigenvalue weighted by Gasteiger charge is 2.56. The zero-order chi connectivity index (χ0) is 30.3. The molecule has 0 unspecified atom stereocenters. The molecule has 0 saturated heterocycles. The molecule has 0 radical (unpaired) electrons. The predicted octanol–water partition coefficient (Wildman–Crippen LogP) is 5.32. The molecule has 0 aliphatic carbocycles. The van der Waals surface area contributed by atoms with E-state index in [1.54, 1.807) is 13.8 Å². The van der Waals surface area contributed by atoms with Crippen molar-refractivity contribution in [2.24, 2.45) is 5.41 Å². The molecule has 3 N–H and O–H groups in total. The minimum atomic E-state index is -4.49. The molecule has 0 spiro atoms. The van der Waals surface area contributed by atoms with Crippen LogP contribution in [0.1, 0.15) is 64.8 Å². The molecule has 1 aromatic carbocycles. The fraction of sp³-hybridized carbons (Fsp3) is 0.481. The van der Waals surface area contributed by atoms with Gasteiger partial charge in [0.05, 0.1) is 11.8 Å². The van der Waals surface area contributed by atoms with Crippen LogP contribution in [-0.4, -0.2) is 50.3 Å². The van der Waals surface area contributed by atoms with Crippen molar-refractivity contribution in [3.63, 3.8) is 0 Å². The summed E-state index contributed by atoms with van der Waals surface area (Å²) in [5, 5.41) is 19.2. The van der Waals surface area contributed by atoms with Crippen LogP contribution in [0.5, 0.6) is 0 Å². The number of rotatable bonds is 13. The normalized spacial score (nSPS) is 13.3. The van der Waals surface area contributed by atoms with Crippen molar-refractivity contribution in [3.8, 4) is 11.5 Å². The number of ketones is 1. The zero-order valence-electron chi connectivity index (χ0n) is 23.2. The Balaban J connectivity index is 1.94. The molecule has 0 saturated carbocycles. The SMILES string of the molecule is CCCNC(=O)O[C@@](CCc1nnc(-c2ccc(C(F)(F)F)cc2)o1)(C(=O)C(=O)Nc1ccn[nH]1)C(C)(C)CCC. The van der Waals surface area contributed by atoms with Gasteiger partial charge < -0.3 is 19.8 Å². The van der Waals surface area contributed by atoms with E-state index in [1.165, 1.54) is 24.4 Å². The number of H-pyrrole nitrogens is 1. The summed E-state index contributed by atoms with van der Waals surface area (Å²) in [5.74, 6) is -1.82. The molecule has 41 heavy (non-hydrogen) atoms. The summed E-state index contributed by atoms with van der Waals surface area (Å²) in [6.07, 6.45) is -2.59. The van der Waals surface area contributed by atoms with Crippen molar-refractivity contribution in [3.05, 3.63) is 48.0 Å². The summed E-state index contributed by atoms with van der Waals surface area (Å²) in [6, 6.07) is 5.67. The van der Waals surface area contributed by atoms with E-state index >= 15 is 0 Å². The molecule has 0 aliphatic rings. The number of carbonyl (C=O) groups excluding carboxylic acids is 3. The number of Topliss-reactive ketones (excluding diaryl/α,β-unsaturated/α-hetero) is 1. The van der Waals surface area contributed by atoms with Gasteiger partial charge in [0, 0.05) is 36.4 Å². The van der Waals surface area contributed by atoms with Gasteiger partial charge in [0.1, 0.15) is 5.82 Å². The molecular formula is C27H33F3N6O5. The molecule has 0 bridgehead atoms. The van der Waals surface area contributed by atoms with Crippen LogP contribution >= 0.6 is 0 Å². The Kier molecular flexibility index (Phi) is 9.89. The number of hydrogen-bond acceptors (Lipinski definition) is 8. The number of halogens is 3. The smallest absolute Gasteiger partial charge is 0.416 e. The Hall–Kier alpha value is -4.23. The van der Waals surface area contributed by atoms with Gasteiger partial charge in [-0.3, -0.25) is 14.7 Å². The van der Waals surface area contributed by atoms with Crippen molar-refractivity contribution in [2.75, 3.05) is 11.9 Å². The van der Waals surface area contributed by atoms with Crippen molar-refractivity contribution in [1.29, 1.82) is 0 Å². The average Bonchev–Trinajstić information content (AvgIpc) is 3.61. The minimum Gasteiger partial charge on any atom is -0.434 e. The largest absolute Gasteiger partial charge is 0.434 e. The monoisotopic (exact) mass is 578 g/mol. The van der Waals surface area contributed by atoms with E-state index in [0.717, 1.165) is 12.1 Å². The molecule has 2 aromatic heterocycles. The summed E-state index contributed by atoms with van der Waals surface area (Å²) < 4.78 is 50.3. The lowest BCUT2D eigenvalue weighted by atomic mass is 9.67. The third kappa shape index (κ3) is 7.50. The summed E-state index contributed by atoms with van der Waals surface area (Å²) in [4.78, 5) is 39.9. The highest BCUT2D eigenvalue weighted by molar-refractivity contribution is 6.43. The van der Waals surface area contributed by atoms with Crippen LogP contribution in [0.3, 0.4) is 0 Å². The quantitative estimate of drug-likeness (QED) is 0.231. The van der Waals surface area contributed by atoms with Crippen LogP contribution in [0.25, 0.3) is 11.5 Å². The molecule has 2 heterocycles. The molecule has 222 valence electrons. The summed E-state index contributed by atoms with van der Waals surface area (Å²) >= 11 is 0. The second-order valence-electron chi connectivity index (χ2n) is 10.1. The first-order valence-corrected chi connectivity index (χ1v) is 13.1. The lowest BCUT2D eigenvalue weighted by Gasteiger charge is -2.44. The third-order valence-corrected chi connectivity index (χ3v) is 6.69. The van der Waals surface area contributed by atoms with Crippen LogP contribution in [0.2, 0.25) is 0 Å². The second kappa shape index (κ2) is 13.0. The van der Waals surface area contributed by atoms with Gasteiger partial charge in [-0.05, 0) is 37.1 Å². The number of carbonyl (C=O) groups is 3. The number of amides is 2. The molecule has 1 atom stereocenters. The lowest BCUT2D eigenvalue weighted by molar-refractivity contribution is -0.159. The number of hydrogen-bond donors (Lipinski definition) is 3. The standard InChI is InChI=1S/C27H33F3N6O5/c1-5-13-25(3,4)26(41-24(39)31-15-6-2,21(37)22(38)33-19-12-16-32-34-19)14-11-20-35-36-23(40-20)17-7-9-18(10-8-17)27(28,29)30/h7-10,12,16H,5-6,11,13-15H2,1-4H3,(H,31,39)(H2,32,33,34,38)/t26-/m0/s1. The fourth-order valence-electron chi connectivity index (χ4n) is 4.49. The van der Waals surface area contributed by atoms with E-state index in [0.29, 0.717) is 19.3 Å². The number of alkyl carbamates (subject to hydrolysis) is 1. The van der Waals surface area contributed by atoms with Gasteiger partial charge in [-0.1, -0.05) is 34.1 Å². The molecule has 14 heteroatoms. The van der Waals surface area contributed by atoms with Crippen LogP contribution in [0.4, 0.5) is 23.8 Å². The number of nitrogens with one attached hydrogen (secondary N) is 3. The first kappa shape index (κ1) is 31.3. The van der Waals surface area contributed by atoms with Gasteiger partial charge in [-0.2, -0.15) is 18.3 Å². The third-order valence-electron chi connectivity index (χ3n) is 6.69. The fourth-order valence-corrected chi connectivity index (χ4v) is 4.49. The van der Waals surface area contributed by atoms with E-state index in [-0.39, 0.29) is 42.5 Å². The summed E-state index contributed by atoms with van der Waals surface area (Å²) in [7, 11) is 0. The van der Waals surface area contributed by atoms with Crippen molar-refractivity contribution in [1.82, 2.24) is 25.7 Å². The van der Waals surface area contributed by atoms with E-state index in [1.807, 2.05) is 13.8 Å². The molecule has 0 aliphatic heterocycles. The molecule has 0 fully saturated rings. The van der Waals surface area contributed by atoms with Crippen LogP contribution in [0, 0.1) is 5.41 Å². The van der Waals surface area contributed by atoms with Crippen molar-refractivity contribution < 1.29 is 36.7 Å². The number of aromatic nitrogens is 4. The van der Waals surface area contributed by atoms with E-state index in [2.05, 4.69) is 31.0 Å². The molecule has 2 amide bonds. The molecule has 11 nitrogen and oxygen atoms in total. The minimum absolute atomic E-state index is 0.0305. The maximum atomic E-state index is 13.9. The van der Waals surface area contributed by atoms with Gasteiger partial charge >= 0.3 is 12.3 Å². The Morgan fingerprint density at radius 3 is 2.29 bits per heavy atom. The van der Waals surface area contributed by atoms with Crippen molar-refractivity contribution in [2.45, 2.75) is 71.6 Å². The Morgan fingerprint density at radius 2 is 1.71 bits per heavy atom. The Bertz CT molecular complexity index is 1320. The maximum absolute atomic E-state index is 13.9. The Labute approximate surface area is 234 Å². The zero-order valence-corrected chi connectivity index (χ0v) is 23.2. The molecule has 3 aromatic rings. The van der Waals surface area contributed by atoms with E-state index in [9.17, 15) is 27.6 Å². The van der Waals surface area contributed by atoms with Gasteiger partial charge in [-0.15, -0.1) is 10.2 Å². The van der Waals surface area contributed by atoms with Gasteiger partial charge in [0.25, 0.3) is 11.7 Å². The Morgan fingerprint density at radius 1 is 1.00 bits per heavy atom. The predicted molar refractivity (Wildman–Crippen MR) is 141 cm³/mol. The van der Waals surface area contributed by atoms with Gasteiger partial charge in [0.15, 0.2) is 5.60 Å². The second-order valence-corrected chi connectivity index (χ2v) is 10.1. The number of benzene rings is 1. The van der Waals surface area contributed by atoms with E-state index in [4.69, 9.17) is 9.15 Å². The first-order chi connectivity index (χ1) is 19.3. The number of aryl methyl sites for hydroxylation is 1. The van der Waals surface area contributed by atoms with Gasteiger partial charge in [0.2, 0.25) is 11.8 Å². The number of aromatic amines is 1. The average molecular weight is 579 g/mol. The number of alkyl halides is 3. The molecular weight excluding hydrogens is 545 g/mol. The van der Waals surface area contributed by atoms with Crippen LogP contribution < -0.4 is 10.6 Å². The number of ether oxygens (including phenoxy) is 1. The van der Waals surface area contributed by atoms with E-state index < -0.39 is 40.5 Å². The summed E-state index contributed by atoms with van der Waals surface area (Å²) in [6.45, 7) is 7.49. The van der Waals surface area contributed by atoms with Crippen LogP contribution in [-0.2, 0) is 26.9 Å². The molecule has 3 rings (SSSR count). The van der Waals surface area contributed by atoms with Crippen LogP contribution in [0.15, 0.2) is 40.9 Å². The topological polar surface area (TPSA) is 152 Å². The first-order valence-electron chi connectivity index (χ1n) is 13.1. The maximum Gasteiger partial charge on any atom is 0.416 e. The highest BCUT2D eigenvalue weighted by atomic mass is 19.4.